The van der Waals surface area contributed by atoms with E-state index in [9.17, 15) is 0 Å². The Balaban J connectivity index is 2.14. The van der Waals surface area contributed by atoms with Gasteiger partial charge in [0.1, 0.15) is 0 Å². The van der Waals surface area contributed by atoms with Gasteiger partial charge < -0.3 is 0 Å². The molecule has 0 unspecified atom stereocenters. The van der Waals surface area contributed by atoms with Crippen molar-refractivity contribution in [3.8, 4) is 11.4 Å². The molecule has 0 aliphatic carbocycles. The molecule has 0 N–H and O–H groups in total. The smallest absolute Gasteiger partial charge is 0.0894 e. The summed E-state index contributed by atoms with van der Waals surface area (Å²) in [4.78, 5) is 9.30. The lowest BCUT2D eigenvalue weighted by Crippen LogP contribution is -1.92. The number of hydrogen-bond acceptors (Lipinski definition) is 2. The van der Waals surface area contributed by atoms with Crippen LogP contribution in [-0.4, -0.2) is 9.97 Å². The third kappa shape index (κ3) is 2.22. The number of pyridine rings is 2. The number of aryl methyl sites for hydroxylation is 3. The molecule has 0 bridgehead atoms. The highest BCUT2D eigenvalue weighted by molar-refractivity contribution is 5.81. The van der Waals surface area contributed by atoms with Gasteiger partial charge in [0, 0.05) is 11.1 Å². The Hall–Kier alpha value is -2.22. The quantitative estimate of drug-likeness (QED) is 0.644. The molecule has 3 rings (SSSR count). The Bertz CT molecular complexity index is 760. The highest BCUT2D eigenvalue weighted by atomic mass is 14.8. The standard InChI is InChI=1S/C17H16N2/c1-11-4-7-15-14(10-11)6-9-17(19-15)16-8-5-12(2)13(3)18-16/h4-10H,1-3H3. The van der Waals surface area contributed by atoms with Gasteiger partial charge in [0.2, 0.25) is 0 Å². The first-order valence-corrected chi connectivity index (χ1v) is 6.45. The first-order valence-electron chi connectivity index (χ1n) is 6.45. The van der Waals surface area contributed by atoms with Crippen LogP contribution < -0.4 is 0 Å². The van der Waals surface area contributed by atoms with Crippen molar-refractivity contribution in [2.75, 3.05) is 0 Å². The summed E-state index contributed by atoms with van der Waals surface area (Å²) in [5.41, 5.74) is 6.41. The Labute approximate surface area is 113 Å². The molecule has 0 saturated heterocycles. The molecule has 0 atom stereocenters. The second kappa shape index (κ2) is 4.47. The van der Waals surface area contributed by atoms with Crippen LogP contribution >= 0.6 is 0 Å². The Kier molecular flexibility index (Phi) is 2.79. The van der Waals surface area contributed by atoms with Gasteiger partial charge in [-0.2, -0.15) is 0 Å². The lowest BCUT2D eigenvalue weighted by atomic mass is 10.1. The van der Waals surface area contributed by atoms with Crippen LogP contribution in [0.15, 0.2) is 42.5 Å². The number of hydrogen-bond donors (Lipinski definition) is 0. The highest BCUT2D eigenvalue weighted by Crippen LogP contribution is 2.21. The fourth-order valence-corrected chi connectivity index (χ4v) is 2.16. The van der Waals surface area contributed by atoms with Crippen LogP contribution in [0.3, 0.4) is 0 Å². The lowest BCUT2D eigenvalue weighted by molar-refractivity contribution is 1.14. The molecule has 2 nitrogen and oxygen atoms in total. The predicted molar refractivity (Wildman–Crippen MR) is 79.2 cm³/mol. The van der Waals surface area contributed by atoms with Crippen LogP contribution in [0.1, 0.15) is 16.8 Å². The average Bonchev–Trinajstić information content (AvgIpc) is 2.41. The monoisotopic (exact) mass is 248 g/mol. The van der Waals surface area contributed by atoms with E-state index in [2.05, 4.69) is 49.2 Å². The summed E-state index contributed by atoms with van der Waals surface area (Å²) in [7, 11) is 0. The largest absolute Gasteiger partial charge is 0.251 e. The normalized spacial score (nSPS) is 10.9. The van der Waals surface area contributed by atoms with Gasteiger partial charge in [0.05, 0.1) is 16.9 Å². The molecule has 0 fully saturated rings. The van der Waals surface area contributed by atoms with Crippen LogP contribution in [-0.2, 0) is 0 Å². The van der Waals surface area contributed by atoms with Gasteiger partial charge in [-0.25, -0.2) is 4.98 Å². The summed E-state index contributed by atoms with van der Waals surface area (Å²) in [5, 5.41) is 1.17. The maximum absolute atomic E-state index is 4.69. The van der Waals surface area contributed by atoms with Crippen molar-refractivity contribution in [2.24, 2.45) is 0 Å². The molecule has 1 aromatic carbocycles. The van der Waals surface area contributed by atoms with E-state index in [0.717, 1.165) is 22.6 Å². The van der Waals surface area contributed by atoms with Crippen LogP contribution in [0.25, 0.3) is 22.3 Å². The molecule has 0 aliphatic heterocycles. The van der Waals surface area contributed by atoms with E-state index < -0.39 is 0 Å². The molecular weight excluding hydrogens is 232 g/mol. The number of nitrogens with zero attached hydrogens (tertiary/aromatic N) is 2. The SMILES string of the molecule is Cc1ccc2nc(-c3ccc(C)c(C)n3)ccc2c1. The van der Waals surface area contributed by atoms with Crippen molar-refractivity contribution in [1.82, 2.24) is 9.97 Å². The molecule has 0 aliphatic rings. The van der Waals surface area contributed by atoms with Crippen LogP contribution in [0.5, 0.6) is 0 Å². The van der Waals surface area contributed by atoms with E-state index in [0.29, 0.717) is 0 Å². The van der Waals surface area contributed by atoms with E-state index in [1.807, 2.05) is 19.1 Å². The Morgan fingerprint density at radius 2 is 1.47 bits per heavy atom. The molecule has 0 saturated carbocycles. The molecule has 2 heterocycles. The van der Waals surface area contributed by atoms with E-state index in [1.54, 1.807) is 0 Å². The molecule has 3 aromatic rings. The first kappa shape index (κ1) is 11.8. The maximum atomic E-state index is 4.69. The molecule has 2 heteroatoms. The molecular formula is C17H16N2. The van der Waals surface area contributed by atoms with Crippen molar-refractivity contribution >= 4 is 10.9 Å². The Morgan fingerprint density at radius 3 is 2.26 bits per heavy atom. The second-order valence-electron chi connectivity index (χ2n) is 4.99. The van der Waals surface area contributed by atoms with Gasteiger partial charge in [-0.1, -0.05) is 23.8 Å². The molecule has 0 spiro atoms. The molecule has 94 valence electrons. The summed E-state index contributed by atoms with van der Waals surface area (Å²) in [6.45, 7) is 6.20. The fraction of sp³-hybridized carbons (Fsp3) is 0.176. The lowest BCUT2D eigenvalue weighted by Gasteiger charge is -2.06. The highest BCUT2D eigenvalue weighted by Gasteiger charge is 2.04. The number of rotatable bonds is 1. The zero-order valence-corrected chi connectivity index (χ0v) is 11.4. The molecule has 2 aromatic heterocycles. The van der Waals surface area contributed by atoms with Gasteiger partial charge in [0.15, 0.2) is 0 Å². The summed E-state index contributed by atoms with van der Waals surface area (Å²) < 4.78 is 0. The Morgan fingerprint density at radius 1 is 0.737 bits per heavy atom. The van der Waals surface area contributed by atoms with E-state index in [-0.39, 0.29) is 0 Å². The summed E-state index contributed by atoms with van der Waals surface area (Å²) in [6, 6.07) is 14.6. The molecule has 0 radical (unpaired) electrons. The third-order valence-electron chi connectivity index (χ3n) is 3.46. The van der Waals surface area contributed by atoms with Gasteiger partial charge in [-0.15, -0.1) is 0 Å². The average molecular weight is 248 g/mol. The van der Waals surface area contributed by atoms with Crippen LogP contribution in [0.2, 0.25) is 0 Å². The minimum absolute atomic E-state index is 0.930. The van der Waals surface area contributed by atoms with E-state index in [1.165, 1.54) is 16.5 Å². The fourth-order valence-electron chi connectivity index (χ4n) is 2.16. The van der Waals surface area contributed by atoms with Crippen molar-refractivity contribution < 1.29 is 0 Å². The number of fused-ring (bicyclic) bond motifs is 1. The predicted octanol–water partition coefficient (Wildman–Crippen LogP) is 4.22. The van der Waals surface area contributed by atoms with Crippen molar-refractivity contribution in [3.63, 3.8) is 0 Å². The van der Waals surface area contributed by atoms with Gasteiger partial charge in [-0.05, 0) is 50.6 Å². The molecule has 19 heavy (non-hydrogen) atoms. The summed E-state index contributed by atoms with van der Waals surface area (Å²) in [6.07, 6.45) is 0. The van der Waals surface area contributed by atoms with Crippen molar-refractivity contribution in [3.05, 3.63) is 59.3 Å². The third-order valence-corrected chi connectivity index (χ3v) is 3.46. The van der Waals surface area contributed by atoms with Crippen LogP contribution in [0.4, 0.5) is 0 Å². The molecule has 0 amide bonds. The zero-order valence-electron chi connectivity index (χ0n) is 11.4. The van der Waals surface area contributed by atoms with E-state index in [4.69, 9.17) is 4.98 Å². The first-order chi connectivity index (χ1) is 9.13. The topological polar surface area (TPSA) is 25.8 Å². The minimum Gasteiger partial charge on any atom is -0.251 e. The van der Waals surface area contributed by atoms with Gasteiger partial charge in [0.25, 0.3) is 0 Å². The van der Waals surface area contributed by atoms with Crippen molar-refractivity contribution in [2.45, 2.75) is 20.8 Å². The zero-order chi connectivity index (χ0) is 13.4. The van der Waals surface area contributed by atoms with Crippen molar-refractivity contribution in [1.29, 1.82) is 0 Å². The summed E-state index contributed by atoms with van der Waals surface area (Å²) >= 11 is 0. The van der Waals surface area contributed by atoms with E-state index >= 15 is 0 Å². The maximum Gasteiger partial charge on any atom is 0.0894 e. The number of aromatic nitrogens is 2. The summed E-state index contributed by atoms with van der Waals surface area (Å²) in [5.74, 6) is 0. The van der Waals surface area contributed by atoms with Crippen LogP contribution in [0, 0.1) is 20.8 Å². The van der Waals surface area contributed by atoms with Gasteiger partial charge in [-0.3, -0.25) is 4.98 Å². The number of benzene rings is 1. The second-order valence-corrected chi connectivity index (χ2v) is 4.99. The minimum atomic E-state index is 0.930. The van der Waals surface area contributed by atoms with Gasteiger partial charge >= 0.3 is 0 Å².